The second-order valence-corrected chi connectivity index (χ2v) is 13.1. The molecular weight excluding hydrogens is 634 g/mol. The van der Waals surface area contributed by atoms with Crippen LogP contribution in [0.15, 0.2) is 48.5 Å². The zero-order valence-electron chi connectivity index (χ0n) is 26.7. The lowest BCUT2D eigenvalue weighted by Crippen LogP contribution is -2.46. The van der Waals surface area contributed by atoms with Crippen LogP contribution >= 0.6 is 22.9 Å². The van der Waals surface area contributed by atoms with Gasteiger partial charge in [-0.3, -0.25) is 19.2 Å². The number of thiophene rings is 1. The molecule has 1 aliphatic rings. The Kier molecular flexibility index (Phi) is 11.5. The lowest BCUT2D eigenvalue weighted by Gasteiger charge is -2.33. The quantitative estimate of drug-likeness (QED) is 0.154. The number of ketones is 1. The Labute approximate surface area is 277 Å². The summed E-state index contributed by atoms with van der Waals surface area (Å²) in [7, 11) is 3.03. The maximum Gasteiger partial charge on any atom is 0.311 e. The van der Waals surface area contributed by atoms with E-state index < -0.39 is 29.5 Å². The molecule has 0 saturated carbocycles. The van der Waals surface area contributed by atoms with Crippen LogP contribution in [0.2, 0.25) is 5.02 Å². The van der Waals surface area contributed by atoms with Crippen LogP contribution in [-0.2, 0) is 35.0 Å². The third-order valence-corrected chi connectivity index (χ3v) is 8.67. The summed E-state index contributed by atoms with van der Waals surface area (Å²) >= 11 is 7.69. The second kappa shape index (κ2) is 15.1. The number of methoxy groups -OCH3 is 2. The highest BCUT2D eigenvalue weighted by Crippen LogP contribution is 2.46. The number of para-hydroxylation sites is 1. The smallest absolute Gasteiger partial charge is 0.311 e. The van der Waals surface area contributed by atoms with Crippen molar-refractivity contribution in [1.29, 1.82) is 0 Å². The van der Waals surface area contributed by atoms with E-state index in [0.717, 1.165) is 0 Å². The molecule has 1 aromatic heterocycles. The third kappa shape index (κ3) is 8.26. The van der Waals surface area contributed by atoms with Gasteiger partial charge in [0, 0.05) is 52.0 Å². The number of carbonyl (C=O) groups is 4. The van der Waals surface area contributed by atoms with Crippen LogP contribution in [0.1, 0.15) is 65.9 Å². The van der Waals surface area contributed by atoms with Crippen molar-refractivity contribution >= 4 is 52.3 Å². The third-order valence-electron chi connectivity index (χ3n) is 7.30. The van der Waals surface area contributed by atoms with Crippen molar-refractivity contribution in [3.63, 3.8) is 0 Å². The number of benzene rings is 2. The van der Waals surface area contributed by atoms with Gasteiger partial charge in [0.1, 0.15) is 12.2 Å². The first-order chi connectivity index (χ1) is 21.9. The molecule has 0 unspecified atom stereocenters. The topological polar surface area (TPSA) is 118 Å². The molecule has 0 saturated heterocycles. The van der Waals surface area contributed by atoms with E-state index >= 15 is 0 Å². The lowest BCUT2D eigenvalue weighted by molar-refractivity contribution is -0.144. The van der Waals surface area contributed by atoms with E-state index in [1.807, 2.05) is 13.8 Å². The number of halogens is 1. The molecule has 0 N–H and O–H groups in total. The standard InChI is InChI=1S/C34H38ClNO9S/c1-7-43-30(39)16-22-12-14-29(46-22)26(38)17-28-33(40)36(18-34(3,4)19-44-20(2)37)25-13-11-21(35)15-24(25)31(45-28)23-9-8-10-27(41-5)32(23)42-6/h8-15,28,31H,7,16-19H2,1-6H3/t28-,31-/m1/s1. The molecular formula is C34H38ClNO9S. The van der Waals surface area contributed by atoms with Crippen molar-refractivity contribution in [3.05, 3.63) is 74.4 Å². The van der Waals surface area contributed by atoms with E-state index in [1.54, 1.807) is 60.4 Å². The maximum absolute atomic E-state index is 14.4. The van der Waals surface area contributed by atoms with Gasteiger partial charge in [-0.1, -0.05) is 37.6 Å². The molecule has 0 spiro atoms. The Balaban J connectivity index is 1.79. The molecule has 0 bridgehead atoms. The van der Waals surface area contributed by atoms with Crippen molar-refractivity contribution in [2.45, 2.75) is 52.7 Å². The SMILES string of the molecule is CCOC(=O)Cc1ccc(C(=O)C[C@H]2O[C@H](c3cccc(OC)c3OC)c3cc(Cl)ccc3N(CC(C)(C)COC(C)=O)C2=O)s1. The molecule has 10 nitrogen and oxygen atoms in total. The number of amides is 1. The number of Topliss-reactive ketones (excluding diaryl/α,β-unsaturated/α-hetero) is 1. The summed E-state index contributed by atoms with van der Waals surface area (Å²) in [5, 5.41) is 0.419. The highest BCUT2D eigenvalue weighted by Gasteiger charge is 2.41. The van der Waals surface area contributed by atoms with Gasteiger partial charge in [-0.15, -0.1) is 11.3 Å². The molecule has 46 heavy (non-hydrogen) atoms. The van der Waals surface area contributed by atoms with Crippen molar-refractivity contribution in [3.8, 4) is 11.5 Å². The molecule has 0 fully saturated rings. The summed E-state index contributed by atoms with van der Waals surface area (Å²) in [4.78, 5) is 54.4. The van der Waals surface area contributed by atoms with Crippen molar-refractivity contribution in [1.82, 2.24) is 0 Å². The van der Waals surface area contributed by atoms with Gasteiger partial charge in [0.15, 0.2) is 17.3 Å². The number of fused-ring (bicyclic) bond motifs is 1. The number of anilines is 1. The molecule has 4 rings (SSSR count). The van der Waals surface area contributed by atoms with Gasteiger partial charge in [0.05, 0.1) is 38.7 Å². The second-order valence-electron chi connectivity index (χ2n) is 11.5. The van der Waals surface area contributed by atoms with Gasteiger partial charge < -0.3 is 28.6 Å². The van der Waals surface area contributed by atoms with E-state index in [2.05, 4.69) is 0 Å². The van der Waals surface area contributed by atoms with E-state index in [9.17, 15) is 19.2 Å². The lowest BCUT2D eigenvalue weighted by atomic mass is 9.92. The van der Waals surface area contributed by atoms with E-state index in [0.29, 0.717) is 43.1 Å². The molecule has 246 valence electrons. The highest BCUT2D eigenvalue weighted by atomic mass is 35.5. The van der Waals surface area contributed by atoms with Crippen LogP contribution in [0.4, 0.5) is 5.69 Å². The first kappa shape index (κ1) is 34.9. The minimum absolute atomic E-state index is 0.0453. The zero-order valence-corrected chi connectivity index (χ0v) is 28.3. The number of carbonyl (C=O) groups excluding carboxylic acids is 4. The van der Waals surface area contributed by atoms with Crippen LogP contribution < -0.4 is 14.4 Å². The fourth-order valence-electron chi connectivity index (χ4n) is 5.24. The first-order valence-electron chi connectivity index (χ1n) is 14.8. The molecule has 0 radical (unpaired) electrons. The van der Waals surface area contributed by atoms with Gasteiger partial charge >= 0.3 is 11.9 Å². The van der Waals surface area contributed by atoms with Gasteiger partial charge in [0.2, 0.25) is 0 Å². The summed E-state index contributed by atoms with van der Waals surface area (Å²) in [5.74, 6) is -0.716. The van der Waals surface area contributed by atoms with Gasteiger partial charge in [-0.25, -0.2) is 0 Å². The van der Waals surface area contributed by atoms with Gasteiger partial charge in [-0.05, 0) is 43.3 Å². The summed E-state index contributed by atoms with van der Waals surface area (Å²) in [6.45, 7) is 7.28. The van der Waals surface area contributed by atoms with Gasteiger partial charge in [-0.2, -0.15) is 0 Å². The average molecular weight is 672 g/mol. The Morgan fingerprint density at radius 2 is 1.78 bits per heavy atom. The molecule has 1 aliphatic heterocycles. The van der Waals surface area contributed by atoms with Crippen LogP contribution in [0.3, 0.4) is 0 Å². The highest BCUT2D eigenvalue weighted by molar-refractivity contribution is 7.14. The van der Waals surface area contributed by atoms with Crippen LogP contribution in [-0.4, -0.2) is 63.7 Å². The summed E-state index contributed by atoms with van der Waals surface area (Å²) in [6.07, 6.45) is -2.34. The Bertz CT molecular complexity index is 1600. The number of rotatable bonds is 13. The molecule has 0 aliphatic carbocycles. The average Bonchev–Trinajstić information content (AvgIpc) is 3.45. The number of hydrogen-bond acceptors (Lipinski definition) is 10. The Hall–Kier alpha value is -3.93. The Morgan fingerprint density at radius 1 is 1.02 bits per heavy atom. The normalized spacial score (nSPS) is 16.3. The molecule has 2 heterocycles. The molecule has 3 aromatic rings. The number of esters is 2. The minimum Gasteiger partial charge on any atom is -0.493 e. The van der Waals surface area contributed by atoms with E-state index in [1.165, 1.54) is 32.5 Å². The summed E-state index contributed by atoms with van der Waals surface area (Å²) in [6, 6.07) is 13.8. The Morgan fingerprint density at radius 3 is 2.46 bits per heavy atom. The van der Waals surface area contributed by atoms with Crippen molar-refractivity contribution in [2.75, 3.05) is 38.9 Å². The maximum atomic E-state index is 14.4. The monoisotopic (exact) mass is 671 g/mol. The molecule has 2 aromatic carbocycles. The number of nitrogens with zero attached hydrogens (tertiary/aromatic N) is 1. The van der Waals surface area contributed by atoms with Crippen molar-refractivity contribution in [2.24, 2.45) is 5.41 Å². The summed E-state index contributed by atoms with van der Waals surface area (Å²) < 4.78 is 28.3. The molecule has 12 heteroatoms. The fraction of sp³-hybridized carbons (Fsp3) is 0.412. The minimum atomic E-state index is -1.22. The number of ether oxygens (including phenoxy) is 5. The number of hydrogen-bond donors (Lipinski definition) is 0. The van der Waals surface area contributed by atoms with Crippen molar-refractivity contribution < 1.29 is 42.9 Å². The predicted octanol–water partition coefficient (Wildman–Crippen LogP) is 6.21. The van der Waals surface area contributed by atoms with E-state index in [4.69, 9.17) is 35.3 Å². The zero-order chi connectivity index (χ0) is 33.6. The van der Waals surface area contributed by atoms with Crippen LogP contribution in [0, 0.1) is 5.41 Å². The summed E-state index contributed by atoms with van der Waals surface area (Å²) in [5.41, 5.74) is 1.02. The largest absolute Gasteiger partial charge is 0.493 e. The van der Waals surface area contributed by atoms with E-state index in [-0.39, 0.29) is 44.4 Å². The first-order valence-corrected chi connectivity index (χ1v) is 15.9. The fourth-order valence-corrected chi connectivity index (χ4v) is 6.37. The van der Waals surface area contributed by atoms with Crippen LogP contribution in [0.25, 0.3) is 0 Å². The van der Waals surface area contributed by atoms with Gasteiger partial charge in [0.25, 0.3) is 5.91 Å². The molecule has 1 amide bonds. The van der Waals surface area contributed by atoms with Crippen LogP contribution in [0.5, 0.6) is 11.5 Å². The predicted molar refractivity (Wildman–Crippen MR) is 174 cm³/mol. The molecule has 2 atom stereocenters.